The molecule has 0 aromatic carbocycles. The predicted octanol–water partition coefficient (Wildman–Crippen LogP) is 1.33. The Hall–Kier alpha value is -1.40. The first-order chi connectivity index (χ1) is 9.32. The normalized spacial score (nSPS) is 13.9. The molecule has 1 rings (SSSR count). The van der Waals surface area contributed by atoms with Crippen molar-refractivity contribution in [3.8, 4) is 0 Å². The minimum Gasteiger partial charge on any atom is -0.347 e. The SMILES string of the molecule is CC(NC(=O)CN(C)C(C)c1cccs1)C(=O)N(C)C. The fourth-order valence-electron chi connectivity index (χ4n) is 1.85. The van der Waals surface area contributed by atoms with Gasteiger partial charge in [-0.15, -0.1) is 11.3 Å². The van der Waals surface area contributed by atoms with E-state index in [-0.39, 0.29) is 24.4 Å². The molecule has 112 valence electrons. The molecule has 1 aromatic heterocycles. The van der Waals surface area contributed by atoms with Gasteiger partial charge in [0.2, 0.25) is 11.8 Å². The van der Waals surface area contributed by atoms with Crippen molar-refractivity contribution in [3.63, 3.8) is 0 Å². The van der Waals surface area contributed by atoms with Gasteiger partial charge in [-0.05, 0) is 32.3 Å². The van der Waals surface area contributed by atoms with Crippen LogP contribution < -0.4 is 5.32 Å². The van der Waals surface area contributed by atoms with Gasteiger partial charge in [-0.2, -0.15) is 0 Å². The summed E-state index contributed by atoms with van der Waals surface area (Å²) in [6, 6.07) is 3.74. The van der Waals surface area contributed by atoms with Crippen LogP contribution in [0.25, 0.3) is 0 Å². The highest BCUT2D eigenvalue weighted by molar-refractivity contribution is 7.10. The van der Waals surface area contributed by atoms with E-state index in [1.165, 1.54) is 9.78 Å². The molecule has 5 nitrogen and oxygen atoms in total. The summed E-state index contributed by atoms with van der Waals surface area (Å²) in [5, 5.41) is 4.75. The third kappa shape index (κ3) is 4.61. The van der Waals surface area contributed by atoms with E-state index < -0.39 is 6.04 Å². The molecule has 1 N–H and O–H groups in total. The minimum atomic E-state index is -0.497. The third-order valence-electron chi connectivity index (χ3n) is 3.20. The number of hydrogen-bond acceptors (Lipinski definition) is 4. The molecule has 2 unspecified atom stereocenters. The number of carbonyl (C=O) groups excluding carboxylic acids is 2. The quantitative estimate of drug-likeness (QED) is 0.862. The van der Waals surface area contributed by atoms with Crippen molar-refractivity contribution in [1.82, 2.24) is 15.1 Å². The first kappa shape index (κ1) is 16.7. The standard InChI is InChI=1S/C14H23N3O2S/c1-10(14(19)16(3)4)15-13(18)9-17(5)11(2)12-7-6-8-20-12/h6-8,10-11H,9H2,1-5H3,(H,15,18). The van der Waals surface area contributed by atoms with Gasteiger partial charge >= 0.3 is 0 Å². The van der Waals surface area contributed by atoms with E-state index in [2.05, 4.69) is 18.3 Å². The van der Waals surface area contributed by atoms with Crippen molar-refractivity contribution in [1.29, 1.82) is 0 Å². The molecule has 2 atom stereocenters. The molecule has 0 aliphatic carbocycles. The largest absolute Gasteiger partial charge is 0.347 e. The smallest absolute Gasteiger partial charge is 0.244 e. The topological polar surface area (TPSA) is 52.7 Å². The van der Waals surface area contributed by atoms with E-state index in [0.717, 1.165) is 0 Å². The van der Waals surface area contributed by atoms with Gasteiger partial charge in [0.05, 0.1) is 6.54 Å². The lowest BCUT2D eigenvalue weighted by Gasteiger charge is -2.24. The number of nitrogens with zero attached hydrogens (tertiary/aromatic N) is 2. The Morgan fingerprint density at radius 1 is 1.30 bits per heavy atom. The Kier molecular flexibility index (Phi) is 6.16. The zero-order valence-corrected chi connectivity index (χ0v) is 13.5. The van der Waals surface area contributed by atoms with Crippen LogP contribution in [0.15, 0.2) is 17.5 Å². The van der Waals surface area contributed by atoms with Gasteiger partial charge in [-0.25, -0.2) is 0 Å². The molecule has 1 heterocycles. The summed E-state index contributed by atoms with van der Waals surface area (Å²) in [6.45, 7) is 4.03. The van der Waals surface area contributed by atoms with Gasteiger partial charge in [0.1, 0.15) is 6.04 Å². The number of amides is 2. The van der Waals surface area contributed by atoms with E-state index in [0.29, 0.717) is 0 Å². The molecule has 6 heteroatoms. The number of rotatable bonds is 6. The van der Waals surface area contributed by atoms with Gasteiger partial charge < -0.3 is 10.2 Å². The summed E-state index contributed by atoms with van der Waals surface area (Å²) in [5.74, 6) is -0.245. The number of nitrogens with one attached hydrogen (secondary N) is 1. The molecule has 0 saturated heterocycles. The molecule has 0 aliphatic rings. The van der Waals surface area contributed by atoms with Crippen LogP contribution >= 0.6 is 11.3 Å². The second-order valence-corrected chi connectivity index (χ2v) is 6.11. The van der Waals surface area contributed by atoms with Gasteiger partial charge in [-0.3, -0.25) is 14.5 Å². The molecule has 0 bridgehead atoms. The average Bonchev–Trinajstić information content (AvgIpc) is 2.89. The maximum Gasteiger partial charge on any atom is 0.244 e. The highest BCUT2D eigenvalue weighted by Crippen LogP contribution is 2.22. The highest BCUT2D eigenvalue weighted by Gasteiger charge is 2.20. The first-order valence-electron chi connectivity index (χ1n) is 6.57. The molecule has 0 saturated carbocycles. The molecular formula is C14H23N3O2S. The number of thiophene rings is 1. The zero-order chi connectivity index (χ0) is 15.3. The monoisotopic (exact) mass is 297 g/mol. The summed E-state index contributed by atoms with van der Waals surface area (Å²) in [4.78, 5) is 28.3. The van der Waals surface area contributed by atoms with Crippen LogP contribution in [0.4, 0.5) is 0 Å². The predicted molar refractivity (Wildman–Crippen MR) is 81.7 cm³/mol. The number of carbonyl (C=O) groups is 2. The minimum absolute atomic E-state index is 0.104. The fourth-order valence-corrected chi connectivity index (χ4v) is 2.69. The summed E-state index contributed by atoms with van der Waals surface area (Å²) in [7, 11) is 5.26. The van der Waals surface area contributed by atoms with Crippen LogP contribution in [0, 0.1) is 0 Å². The fraction of sp³-hybridized carbons (Fsp3) is 0.571. The van der Waals surface area contributed by atoms with E-state index >= 15 is 0 Å². The summed E-state index contributed by atoms with van der Waals surface area (Å²) >= 11 is 1.67. The van der Waals surface area contributed by atoms with E-state index in [9.17, 15) is 9.59 Å². The van der Waals surface area contributed by atoms with Gasteiger partial charge in [0.15, 0.2) is 0 Å². The molecule has 0 spiro atoms. The van der Waals surface area contributed by atoms with E-state index in [4.69, 9.17) is 0 Å². The van der Waals surface area contributed by atoms with Crippen LogP contribution in [0.3, 0.4) is 0 Å². The number of hydrogen-bond donors (Lipinski definition) is 1. The zero-order valence-electron chi connectivity index (χ0n) is 12.7. The van der Waals surface area contributed by atoms with Gasteiger partial charge in [0.25, 0.3) is 0 Å². The molecule has 0 radical (unpaired) electrons. The third-order valence-corrected chi connectivity index (χ3v) is 4.24. The average molecular weight is 297 g/mol. The van der Waals surface area contributed by atoms with Crippen molar-refractivity contribution in [2.45, 2.75) is 25.9 Å². The van der Waals surface area contributed by atoms with Gasteiger partial charge in [0, 0.05) is 25.0 Å². The Morgan fingerprint density at radius 2 is 1.95 bits per heavy atom. The lowest BCUT2D eigenvalue weighted by atomic mass is 10.2. The van der Waals surface area contributed by atoms with E-state index in [1.807, 2.05) is 23.4 Å². The Labute approximate surface area is 124 Å². The van der Waals surface area contributed by atoms with Crippen LogP contribution in [0.5, 0.6) is 0 Å². The lowest BCUT2D eigenvalue weighted by Crippen LogP contribution is -2.47. The second-order valence-electron chi connectivity index (χ2n) is 5.13. The lowest BCUT2D eigenvalue weighted by molar-refractivity contribution is -0.134. The Morgan fingerprint density at radius 3 is 2.45 bits per heavy atom. The van der Waals surface area contributed by atoms with E-state index in [1.54, 1.807) is 32.4 Å². The van der Waals surface area contributed by atoms with Crippen molar-refractivity contribution < 1.29 is 9.59 Å². The van der Waals surface area contributed by atoms with Crippen LogP contribution in [-0.4, -0.2) is 55.3 Å². The molecule has 1 aromatic rings. The van der Waals surface area contributed by atoms with Crippen LogP contribution in [0.2, 0.25) is 0 Å². The molecule has 20 heavy (non-hydrogen) atoms. The van der Waals surface area contributed by atoms with Crippen molar-refractivity contribution in [3.05, 3.63) is 22.4 Å². The number of likely N-dealkylation sites (N-methyl/N-ethyl adjacent to an activating group) is 2. The van der Waals surface area contributed by atoms with Crippen molar-refractivity contribution in [2.24, 2.45) is 0 Å². The van der Waals surface area contributed by atoms with Gasteiger partial charge in [-0.1, -0.05) is 6.07 Å². The summed E-state index contributed by atoms with van der Waals surface area (Å²) in [5.41, 5.74) is 0. The Balaban J connectivity index is 2.48. The van der Waals surface area contributed by atoms with Crippen molar-refractivity contribution >= 4 is 23.2 Å². The molecule has 2 amide bonds. The maximum atomic E-state index is 11.9. The van der Waals surface area contributed by atoms with Crippen LogP contribution in [-0.2, 0) is 9.59 Å². The highest BCUT2D eigenvalue weighted by atomic mass is 32.1. The van der Waals surface area contributed by atoms with Crippen molar-refractivity contribution in [2.75, 3.05) is 27.7 Å². The summed E-state index contributed by atoms with van der Waals surface area (Å²) < 4.78 is 0. The molecule has 0 fully saturated rings. The Bertz CT molecular complexity index is 445. The summed E-state index contributed by atoms with van der Waals surface area (Å²) in [6.07, 6.45) is 0. The second kappa shape index (κ2) is 7.40. The molecule has 0 aliphatic heterocycles. The van der Waals surface area contributed by atoms with Crippen LogP contribution in [0.1, 0.15) is 24.8 Å². The first-order valence-corrected chi connectivity index (χ1v) is 7.45. The maximum absolute atomic E-state index is 11.9. The molecular weight excluding hydrogens is 274 g/mol.